The maximum atomic E-state index is 11.9. The average Bonchev–Trinajstić information content (AvgIpc) is 3.08. The summed E-state index contributed by atoms with van der Waals surface area (Å²) in [5.41, 5.74) is 0. The number of nitrogens with zero attached hydrogens (tertiary/aromatic N) is 1. The summed E-state index contributed by atoms with van der Waals surface area (Å²) in [5, 5.41) is 3.25. The van der Waals surface area contributed by atoms with Crippen LogP contribution < -0.4 is 5.32 Å². The molecule has 0 aromatic carbocycles. The van der Waals surface area contributed by atoms with Crippen molar-refractivity contribution in [2.45, 2.75) is 32.2 Å². The van der Waals surface area contributed by atoms with Gasteiger partial charge in [-0.1, -0.05) is 6.92 Å². The molecule has 1 fully saturated rings. The molecule has 94 valence electrons. The van der Waals surface area contributed by atoms with E-state index in [4.69, 9.17) is 0 Å². The Balaban J connectivity index is 2.20. The van der Waals surface area contributed by atoms with Gasteiger partial charge in [-0.05, 0) is 38.0 Å². The van der Waals surface area contributed by atoms with Crippen LogP contribution in [0.3, 0.4) is 0 Å². The quantitative estimate of drug-likeness (QED) is 0.704. The highest BCUT2D eigenvalue weighted by molar-refractivity contribution is 7.98. The summed E-state index contributed by atoms with van der Waals surface area (Å²) in [4.78, 5) is 13.8. The van der Waals surface area contributed by atoms with Crippen LogP contribution in [-0.4, -0.2) is 49.0 Å². The number of nitrogens with one attached hydrogen (secondary N) is 1. The predicted octanol–water partition coefficient (Wildman–Crippen LogP) is 1.59. The third-order valence-electron chi connectivity index (χ3n) is 3.18. The molecule has 1 rings (SSSR count). The molecule has 0 radical (unpaired) electrons. The molecule has 1 aliphatic carbocycles. The Kier molecular flexibility index (Phi) is 6.21. The summed E-state index contributed by atoms with van der Waals surface area (Å²) in [6.45, 7) is 3.65. The van der Waals surface area contributed by atoms with Crippen molar-refractivity contribution in [2.75, 3.05) is 32.1 Å². The Morgan fingerprint density at radius 1 is 1.56 bits per heavy atom. The first-order valence-electron chi connectivity index (χ1n) is 6.14. The van der Waals surface area contributed by atoms with Gasteiger partial charge in [0.2, 0.25) is 5.91 Å². The van der Waals surface area contributed by atoms with Crippen LogP contribution in [0.1, 0.15) is 26.2 Å². The molecule has 0 heterocycles. The zero-order chi connectivity index (χ0) is 12.0. The summed E-state index contributed by atoms with van der Waals surface area (Å²) >= 11 is 1.80. The minimum absolute atomic E-state index is 0.224. The Hall–Kier alpha value is -0.220. The van der Waals surface area contributed by atoms with E-state index in [0.717, 1.165) is 24.6 Å². The topological polar surface area (TPSA) is 32.3 Å². The standard InChI is InChI=1S/C12H24N2OS/c1-4-11(9-16-3)14(2)12(15)8-13-7-10-5-6-10/h10-11,13H,4-9H2,1-3H3. The summed E-state index contributed by atoms with van der Waals surface area (Å²) in [6.07, 6.45) is 5.79. The lowest BCUT2D eigenvalue weighted by Crippen LogP contribution is -2.43. The van der Waals surface area contributed by atoms with E-state index in [1.54, 1.807) is 11.8 Å². The van der Waals surface area contributed by atoms with Gasteiger partial charge < -0.3 is 10.2 Å². The highest BCUT2D eigenvalue weighted by atomic mass is 32.2. The first-order valence-corrected chi connectivity index (χ1v) is 7.53. The second-order valence-electron chi connectivity index (χ2n) is 4.60. The average molecular weight is 244 g/mol. The Labute approximate surface area is 103 Å². The van der Waals surface area contributed by atoms with Crippen LogP contribution in [0.15, 0.2) is 0 Å². The first kappa shape index (κ1) is 13.8. The molecule has 1 saturated carbocycles. The second-order valence-corrected chi connectivity index (χ2v) is 5.51. The molecule has 3 nitrogen and oxygen atoms in total. The highest BCUT2D eigenvalue weighted by Crippen LogP contribution is 2.27. The molecule has 0 spiro atoms. The fourth-order valence-electron chi connectivity index (χ4n) is 1.73. The monoisotopic (exact) mass is 244 g/mol. The Bertz CT molecular complexity index is 219. The number of hydrogen-bond donors (Lipinski definition) is 1. The largest absolute Gasteiger partial charge is 0.341 e. The summed E-state index contributed by atoms with van der Waals surface area (Å²) < 4.78 is 0. The van der Waals surface area contributed by atoms with Gasteiger partial charge in [0.25, 0.3) is 0 Å². The fraction of sp³-hybridized carbons (Fsp3) is 0.917. The zero-order valence-electron chi connectivity index (χ0n) is 10.7. The maximum Gasteiger partial charge on any atom is 0.236 e. The molecule has 1 amide bonds. The summed E-state index contributed by atoms with van der Waals surface area (Å²) in [6, 6.07) is 0.380. The van der Waals surface area contributed by atoms with Gasteiger partial charge in [0.15, 0.2) is 0 Å². The minimum atomic E-state index is 0.224. The second kappa shape index (κ2) is 7.17. The third kappa shape index (κ3) is 4.74. The number of rotatable bonds is 8. The molecule has 1 N–H and O–H groups in total. The van der Waals surface area contributed by atoms with E-state index in [1.165, 1.54) is 12.8 Å². The van der Waals surface area contributed by atoms with Crippen molar-refractivity contribution in [2.24, 2.45) is 5.92 Å². The lowest BCUT2D eigenvalue weighted by Gasteiger charge is -2.27. The summed E-state index contributed by atoms with van der Waals surface area (Å²) in [5.74, 6) is 2.09. The molecular weight excluding hydrogens is 220 g/mol. The molecule has 0 aromatic heterocycles. The van der Waals surface area contributed by atoms with E-state index >= 15 is 0 Å². The lowest BCUT2D eigenvalue weighted by atomic mass is 10.2. The Morgan fingerprint density at radius 3 is 2.75 bits per heavy atom. The van der Waals surface area contributed by atoms with E-state index in [1.807, 2.05) is 11.9 Å². The molecule has 0 aliphatic heterocycles. The molecule has 0 aromatic rings. The van der Waals surface area contributed by atoms with Gasteiger partial charge in [-0.3, -0.25) is 4.79 Å². The van der Waals surface area contributed by atoms with Crippen LogP contribution in [-0.2, 0) is 4.79 Å². The molecule has 1 aliphatic rings. The molecule has 16 heavy (non-hydrogen) atoms. The Morgan fingerprint density at radius 2 is 2.25 bits per heavy atom. The van der Waals surface area contributed by atoms with Crippen LogP contribution in [0.5, 0.6) is 0 Å². The van der Waals surface area contributed by atoms with Gasteiger partial charge >= 0.3 is 0 Å². The van der Waals surface area contributed by atoms with Gasteiger partial charge in [0.1, 0.15) is 0 Å². The lowest BCUT2D eigenvalue weighted by molar-refractivity contribution is -0.130. The number of carbonyl (C=O) groups excluding carboxylic acids is 1. The van der Waals surface area contributed by atoms with E-state index in [9.17, 15) is 4.79 Å². The fourth-order valence-corrected chi connectivity index (χ4v) is 2.57. The molecule has 4 heteroatoms. The molecule has 0 saturated heterocycles. The number of hydrogen-bond acceptors (Lipinski definition) is 3. The smallest absolute Gasteiger partial charge is 0.236 e. The van der Waals surface area contributed by atoms with E-state index in [-0.39, 0.29) is 5.91 Å². The number of amides is 1. The van der Waals surface area contributed by atoms with Gasteiger partial charge in [-0.15, -0.1) is 0 Å². The van der Waals surface area contributed by atoms with Crippen molar-refractivity contribution in [1.29, 1.82) is 0 Å². The van der Waals surface area contributed by atoms with Gasteiger partial charge in [0, 0.05) is 18.8 Å². The highest BCUT2D eigenvalue weighted by Gasteiger charge is 2.22. The van der Waals surface area contributed by atoms with Crippen molar-refractivity contribution in [3.05, 3.63) is 0 Å². The van der Waals surface area contributed by atoms with Crippen molar-refractivity contribution in [1.82, 2.24) is 10.2 Å². The van der Waals surface area contributed by atoms with E-state index in [0.29, 0.717) is 12.6 Å². The normalized spacial score (nSPS) is 17.2. The summed E-state index contributed by atoms with van der Waals surface area (Å²) in [7, 11) is 1.92. The van der Waals surface area contributed by atoms with Crippen LogP contribution in [0, 0.1) is 5.92 Å². The van der Waals surface area contributed by atoms with Gasteiger partial charge in [-0.25, -0.2) is 0 Å². The number of likely N-dealkylation sites (N-methyl/N-ethyl adjacent to an activating group) is 1. The molecule has 0 bridgehead atoms. The minimum Gasteiger partial charge on any atom is -0.341 e. The van der Waals surface area contributed by atoms with Crippen LogP contribution in [0.2, 0.25) is 0 Å². The van der Waals surface area contributed by atoms with Crippen molar-refractivity contribution in [3.8, 4) is 0 Å². The number of carbonyl (C=O) groups is 1. The van der Waals surface area contributed by atoms with Crippen LogP contribution in [0.25, 0.3) is 0 Å². The predicted molar refractivity (Wildman–Crippen MR) is 70.8 cm³/mol. The van der Waals surface area contributed by atoms with Crippen LogP contribution >= 0.6 is 11.8 Å². The van der Waals surface area contributed by atoms with Crippen molar-refractivity contribution < 1.29 is 4.79 Å². The van der Waals surface area contributed by atoms with Gasteiger partial charge in [-0.2, -0.15) is 11.8 Å². The first-order chi connectivity index (χ1) is 7.69. The molecular formula is C12H24N2OS. The number of thioether (sulfide) groups is 1. The van der Waals surface area contributed by atoms with Crippen molar-refractivity contribution in [3.63, 3.8) is 0 Å². The maximum absolute atomic E-state index is 11.9. The van der Waals surface area contributed by atoms with Gasteiger partial charge in [0.05, 0.1) is 6.54 Å². The third-order valence-corrected chi connectivity index (χ3v) is 3.90. The van der Waals surface area contributed by atoms with E-state index in [2.05, 4.69) is 18.5 Å². The zero-order valence-corrected chi connectivity index (χ0v) is 11.5. The SMILES string of the molecule is CCC(CSC)N(C)C(=O)CNCC1CC1. The van der Waals surface area contributed by atoms with E-state index < -0.39 is 0 Å². The molecule has 1 unspecified atom stereocenters. The van der Waals surface area contributed by atoms with Crippen molar-refractivity contribution >= 4 is 17.7 Å². The molecule has 1 atom stereocenters. The van der Waals surface area contributed by atoms with Crippen LogP contribution in [0.4, 0.5) is 0 Å².